The Balaban J connectivity index is 2.65. The summed E-state index contributed by atoms with van der Waals surface area (Å²) in [6.45, 7) is 18.6. The second-order valence-electron chi connectivity index (χ2n) is 14.4. The molecular weight excluding hydrogens is 574 g/mol. The molecule has 10 nitrogen and oxygen atoms in total. The Morgan fingerprint density at radius 2 is 1.31 bits per heavy atom. The summed E-state index contributed by atoms with van der Waals surface area (Å²) in [4.78, 5) is 56.1. The predicted octanol–water partition coefficient (Wildman–Crippen LogP) is 4.93. The van der Waals surface area contributed by atoms with Crippen molar-refractivity contribution >= 4 is 23.9 Å². The van der Waals surface area contributed by atoms with Crippen LogP contribution in [0.15, 0.2) is 48.5 Å². The molecule has 0 aromatic heterocycles. The van der Waals surface area contributed by atoms with E-state index in [1.807, 2.05) is 50.2 Å². The van der Waals surface area contributed by atoms with E-state index in [1.54, 1.807) is 74.4 Å². The first-order chi connectivity index (χ1) is 20.6. The molecule has 3 N–H and O–H groups in total. The van der Waals surface area contributed by atoms with Crippen molar-refractivity contribution in [3.63, 3.8) is 0 Å². The molecule has 3 amide bonds. The molecule has 0 spiro atoms. The zero-order valence-corrected chi connectivity index (χ0v) is 28.6. The van der Waals surface area contributed by atoms with E-state index >= 15 is 0 Å². The van der Waals surface area contributed by atoms with Gasteiger partial charge in [0.25, 0.3) is 0 Å². The van der Waals surface area contributed by atoms with Crippen LogP contribution in [0.5, 0.6) is 0 Å². The van der Waals surface area contributed by atoms with Crippen LogP contribution >= 0.6 is 0 Å². The summed E-state index contributed by atoms with van der Waals surface area (Å²) in [5, 5.41) is 15.6. The fourth-order valence-electron chi connectivity index (χ4n) is 4.90. The van der Waals surface area contributed by atoms with E-state index in [4.69, 9.17) is 9.47 Å². The summed E-state index contributed by atoms with van der Waals surface area (Å²) < 4.78 is 11.0. The van der Waals surface area contributed by atoms with Crippen LogP contribution in [0, 0.1) is 13.8 Å². The summed E-state index contributed by atoms with van der Waals surface area (Å²) in [5.74, 6) is -1.94. The van der Waals surface area contributed by atoms with Crippen LogP contribution in [0.1, 0.15) is 90.6 Å². The van der Waals surface area contributed by atoms with Gasteiger partial charge in [-0.3, -0.25) is 9.59 Å². The van der Waals surface area contributed by atoms with Crippen LogP contribution in [-0.2, 0) is 30.3 Å². The van der Waals surface area contributed by atoms with Crippen molar-refractivity contribution in [2.45, 2.75) is 117 Å². The lowest BCUT2D eigenvalue weighted by atomic mass is 9.93. The van der Waals surface area contributed by atoms with E-state index in [9.17, 15) is 24.3 Å². The first-order valence-corrected chi connectivity index (χ1v) is 15.2. The first kappa shape index (κ1) is 37.3. The number of amides is 3. The molecule has 0 bridgehead atoms. The summed E-state index contributed by atoms with van der Waals surface area (Å²) in [6, 6.07) is 11.1. The smallest absolute Gasteiger partial charge is 0.408 e. The molecule has 0 aliphatic heterocycles. The number of aryl methyl sites for hydroxylation is 2. The van der Waals surface area contributed by atoms with Crippen LogP contribution in [0.25, 0.3) is 0 Å². The fourth-order valence-corrected chi connectivity index (χ4v) is 4.90. The lowest BCUT2D eigenvalue weighted by molar-refractivity contribution is -0.159. The lowest BCUT2D eigenvalue weighted by Crippen LogP contribution is -2.60. The van der Waals surface area contributed by atoms with Crippen molar-refractivity contribution < 1.29 is 33.8 Å². The normalized spacial score (nSPS) is 14.0. The minimum atomic E-state index is -1.41. The Morgan fingerprint density at radius 3 is 1.78 bits per heavy atom. The van der Waals surface area contributed by atoms with Gasteiger partial charge in [0.2, 0.25) is 11.8 Å². The zero-order valence-electron chi connectivity index (χ0n) is 28.6. The van der Waals surface area contributed by atoms with E-state index in [2.05, 4.69) is 10.6 Å². The molecule has 2 aromatic carbocycles. The maximum atomic E-state index is 14.5. The Morgan fingerprint density at radius 1 is 0.778 bits per heavy atom. The molecule has 45 heavy (non-hydrogen) atoms. The number of hydrogen-bond donors (Lipinski definition) is 3. The first-order valence-electron chi connectivity index (χ1n) is 15.2. The highest BCUT2D eigenvalue weighted by Crippen LogP contribution is 2.31. The highest BCUT2D eigenvalue weighted by Gasteiger charge is 2.43. The second kappa shape index (κ2) is 14.9. The van der Waals surface area contributed by atoms with Gasteiger partial charge in [-0.1, -0.05) is 59.7 Å². The number of nitrogens with zero attached hydrogens (tertiary/aromatic N) is 1. The van der Waals surface area contributed by atoms with Crippen LogP contribution in [0.4, 0.5) is 4.79 Å². The fraction of sp³-hybridized carbons (Fsp3) is 0.543. The van der Waals surface area contributed by atoms with E-state index in [0.717, 1.165) is 16.7 Å². The summed E-state index contributed by atoms with van der Waals surface area (Å²) in [5.41, 5.74) is 0.408. The standard InChI is InChI=1S/C35H51N3O7/c1-22-17-23(2)19-25(18-22)28(38(33(3,4)5)30(41)27(21-39)37-32(43)45-35(9,10)11)29(40)36-26(31(42)44-34(6,7)8)20-24-15-13-12-14-16-24/h12-19,26-28,39H,20-21H2,1-11H3,(H,36,40)(H,37,43). The number of aliphatic hydroxyl groups excluding tert-OH is 1. The molecule has 2 aromatic rings. The van der Waals surface area contributed by atoms with Crippen LogP contribution in [0.2, 0.25) is 0 Å². The molecule has 2 rings (SSSR count). The van der Waals surface area contributed by atoms with Crippen molar-refractivity contribution in [2.24, 2.45) is 0 Å². The predicted molar refractivity (Wildman–Crippen MR) is 173 cm³/mol. The molecule has 0 heterocycles. The molecule has 0 radical (unpaired) electrons. The average Bonchev–Trinajstić information content (AvgIpc) is 2.86. The van der Waals surface area contributed by atoms with E-state index < -0.39 is 65.4 Å². The topological polar surface area (TPSA) is 134 Å². The van der Waals surface area contributed by atoms with Crippen LogP contribution < -0.4 is 10.6 Å². The molecule has 0 aliphatic rings. The molecule has 0 fully saturated rings. The van der Waals surface area contributed by atoms with Crippen molar-refractivity contribution in [3.8, 4) is 0 Å². The van der Waals surface area contributed by atoms with Gasteiger partial charge in [0, 0.05) is 12.0 Å². The number of esters is 1. The van der Waals surface area contributed by atoms with Crippen LogP contribution in [0.3, 0.4) is 0 Å². The van der Waals surface area contributed by atoms with Gasteiger partial charge in [0.15, 0.2) is 0 Å². The summed E-state index contributed by atoms with van der Waals surface area (Å²) in [6.07, 6.45) is -0.728. The molecule has 0 saturated heterocycles. The third-order valence-corrected chi connectivity index (χ3v) is 6.49. The molecular formula is C35H51N3O7. The monoisotopic (exact) mass is 625 g/mol. The summed E-state index contributed by atoms with van der Waals surface area (Å²) >= 11 is 0. The van der Waals surface area contributed by atoms with Gasteiger partial charge in [-0.15, -0.1) is 0 Å². The minimum Gasteiger partial charge on any atom is -0.458 e. The molecule has 3 unspecified atom stereocenters. The summed E-state index contributed by atoms with van der Waals surface area (Å²) in [7, 11) is 0. The van der Waals surface area contributed by atoms with Gasteiger partial charge in [-0.25, -0.2) is 9.59 Å². The van der Waals surface area contributed by atoms with Gasteiger partial charge >= 0.3 is 12.1 Å². The van der Waals surface area contributed by atoms with Gasteiger partial charge in [0.1, 0.15) is 29.3 Å². The van der Waals surface area contributed by atoms with E-state index in [0.29, 0.717) is 5.56 Å². The maximum Gasteiger partial charge on any atom is 0.408 e. The van der Waals surface area contributed by atoms with Crippen molar-refractivity contribution in [3.05, 3.63) is 70.8 Å². The Kier molecular flexibility index (Phi) is 12.3. The third-order valence-electron chi connectivity index (χ3n) is 6.49. The second-order valence-corrected chi connectivity index (χ2v) is 14.4. The number of benzene rings is 2. The lowest BCUT2D eigenvalue weighted by Gasteiger charge is -2.43. The molecule has 3 atom stereocenters. The molecule has 0 saturated carbocycles. The number of aliphatic hydroxyl groups is 1. The number of carbonyl (C=O) groups excluding carboxylic acids is 4. The van der Waals surface area contributed by atoms with Crippen molar-refractivity contribution in [1.29, 1.82) is 0 Å². The third kappa shape index (κ3) is 11.8. The largest absolute Gasteiger partial charge is 0.458 e. The van der Waals surface area contributed by atoms with Crippen LogP contribution in [-0.4, -0.2) is 69.3 Å². The minimum absolute atomic E-state index is 0.157. The SMILES string of the molecule is Cc1cc(C)cc(C(C(=O)NC(Cc2ccccc2)C(=O)OC(C)(C)C)N(C(=O)C(CO)NC(=O)OC(C)(C)C)C(C)(C)C)c1. The number of rotatable bonds is 10. The molecule has 10 heteroatoms. The van der Waals surface area contributed by atoms with Gasteiger partial charge < -0.3 is 30.1 Å². The Bertz CT molecular complexity index is 1320. The highest BCUT2D eigenvalue weighted by atomic mass is 16.6. The van der Waals surface area contributed by atoms with E-state index in [-0.39, 0.29) is 6.42 Å². The van der Waals surface area contributed by atoms with E-state index in [1.165, 1.54) is 4.90 Å². The van der Waals surface area contributed by atoms with Gasteiger partial charge in [-0.2, -0.15) is 0 Å². The van der Waals surface area contributed by atoms with Gasteiger partial charge in [0.05, 0.1) is 6.61 Å². The molecule has 0 aliphatic carbocycles. The van der Waals surface area contributed by atoms with Crippen molar-refractivity contribution in [2.75, 3.05) is 6.61 Å². The quantitative estimate of drug-likeness (QED) is 0.319. The number of carbonyl (C=O) groups is 4. The zero-order chi connectivity index (χ0) is 34.3. The molecule has 248 valence electrons. The number of hydrogen-bond acceptors (Lipinski definition) is 7. The Hall–Kier alpha value is -3.92. The highest BCUT2D eigenvalue weighted by molar-refractivity contribution is 5.94. The van der Waals surface area contributed by atoms with Gasteiger partial charge in [-0.05, 0) is 87.3 Å². The Labute approximate surface area is 267 Å². The maximum absolute atomic E-state index is 14.5. The average molecular weight is 626 g/mol. The number of ether oxygens (including phenoxy) is 2. The van der Waals surface area contributed by atoms with Crippen molar-refractivity contribution in [1.82, 2.24) is 15.5 Å². The number of nitrogens with one attached hydrogen (secondary N) is 2. The number of alkyl carbamates (subject to hydrolysis) is 1.